The quantitative estimate of drug-likeness (QED) is 0.484. The first-order chi connectivity index (χ1) is 18.2. The summed E-state index contributed by atoms with van der Waals surface area (Å²) in [7, 11) is 3.28. The average Bonchev–Trinajstić information content (AvgIpc) is 3.26. The molecular formula is C31H41N3O4. The van der Waals surface area contributed by atoms with E-state index in [0.717, 1.165) is 43.5 Å². The van der Waals surface area contributed by atoms with Crippen molar-refractivity contribution >= 4 is 17.9 Å². The lowest BCUT2D eigenvalue weighted by atomic mass is 9.98. The molecule has 2 atom stereocenters. The van der Waals surface area contributed by atoms with Crippen LogP contribution in [0.4, 0.5) is 4.79 Å². The highest BCUT2D eigenvalue weighted by Crippen LogP contribution is 2.44. The van der Waals surface area contributed by atoms with Crippen LogP contribution in [0.3, 0.4) is 0 Å². The highest BCUT2D eigenvalue weighted by Gasteiger charge is 2.36. The molecule has 0 N–H and O–H groups in total. The molecule has 1 fully saturated rings. The summed E-state index contributed by atoms with van der Waals surface area (Å²) in [6, 6.07) is 15.1. The van der Waals surface area contributed by atoms with E-state index in [1.54, 1.807) is 21.0 Å². The first-order valence-corrected chi connectivity index (χ1v) is 13.8. The largest absolute Gasteiger partial charge is 0.448 e. The van der Waals surface area contributed by atoms with Crippen molar-refractivity contribution in [2.75, 3.05) is 33.8 Å². The predicted octanol–water partition coefficient (Wildman–Crippen LogP) is 5.14. The van der Waals surface area contributed by atoms with Crippen molar-refractivity contribution in [3.63, 3.8) is 0 Å². The fraction of sp³-hybridized carbons (Fsp3) is 0.516. The molecule has 204 valence electrons. The Labute approximate surface area is 226 Å². The fourth-order valence-electron chi connectivity index (χ4n) is 5.66. The van der Waals surface area contributed by atoms with Gasteiger partial charge in [0.2, 0.25) is 11.8 Å². The Balaban J connectivity index is 1.45. The van der Waals surface area contributed by atoms with Crippen LogP contribution < -0.4 is 0 Å². The maximum Gasteiger partial charge on any atom is 0.410 e. The number of benzene rings is 2. The molecule has 1 heterocycles. The lowest BCUT2D eigenvalue weighted by Crippen LogP contribution is -2.55. The van der Waals surface area contributed by atoms with Crippen LogP contribution in [-0.2, 0) is 14.3 Å². The normalized spacial score (nSPS) is 16.4. The molecule has 7 nitrogen and oxygen atoms in total. The van der Waals surface area contributed by atoms with Crippen molar-refractivity contribution in [1.29, 1.82) is 0 Å². The van der Waals surface area contributed by atoms with Gasteiger partial charge in [0, 0.05) is 33.1 Å². The van der Waals surface area contributed by atoms with E-state index in [1.807, 2.05) is 43.0 Å². The Morgan fingerprint density at radius 2 is 1.42 bits per heavy atom. The molecule has 1 aliphatic heterocycles. The van der Waals surface area contributed by atoms with Gasteiger partial charge in [-0.2, -0.15) is 0 Å². The van der Waals surface area contributed by atoms with Crippen LogP contribution in [-0.4, -0.2) is 78.5 Å². The molecule has 1 saturated heterocycles. The van der Waals surface area contributed by atoms with E-state index < -0.39 is 18.2 Å². The van der Waals surface area contributed by atoms with Crippen LogP contribution >= 0.6 is 0 Å². The molecule has 2 aromatic rings. The number of nitrogens with zero attached hydrogens (tertiary/aromatic N) is 3. The van der Waals surface area contributed by atoms with Gasteiger partial charge in [0.05, 0.1) is 0 Å². The first-order valence-electron chi connectivity index (χ1n) is 13.8. The number of rotatable bonds is 8. The number of carbonyl (C=O) groups is 3. The number of carbonyl (C=O) groups excluding carboxylic acids is 3. The van der Waals surface area contributed by atoms with Crippen LogP contribution in [0, 0.1) is 5.92 Å². The Hall–Kier alpha value is -3.35. The second kappa shape index (κ2) is 12.0. The third kappa shape index (κ3) is 5.71. The lowest BCUT2D eigenvalue weighted by molar-refractivity contribution is -0.147. The van der Waals surface area contributed by atoms with Gasteiger partial charge in [-0.25, -0.2) is 4.79 Å². The second-order valence-corrected chi connectivity index (χ2v) is 11.1. The van der Waals surface area contributed by atoms with Crippen molar-refractivity contribution in [3.8, 4) is 11.1 Å². The summed E-state index contributed by atoms with van der Waals surface area (Å²) >= 11 is 0. The summed E-state index contributed by atoms with van der Waals surface area (Å²) in [5.74, 6) is -0.154. The van der Waals surface area contributed by atoms with Gasteiger partial charge >= 0.3 is 6.09 Å². The zero-order chi connectivity index (χ0) is 27.4. The molecule has 0 saturated carbocycles. The summed E-state index contributed by atoms with van der Waals surface area (Å²) in [6.07, 6.45) is 3.07. The number of hydrogen-bond acceptors (Lipinski definition) is 4. The zero-order valence-electron chi connectivity index (χ0n) is 23.4. The van der Waals surface area contributed by atoms with Gasteiger partial charge in [-0.1, -0.05) is 62.4 Å². The van der Waals surface area contributed by atoms with Crippen LogP contribution in [0.5, 0.6) is 0 Å². The molecule has 0 unspecified atom stereocenters. The Morgan fingerprint density at radius 3 is 1.97 bits per heavy atom. The standard InChI is InChI=1S/C31H41N3O4/c1-21(2)19-28(30(36)32(4)22(3)29(35)34-17-11-6-12-18-34)33(5)31(37)38-20-27-25-15-9-7-13-23(25)24-14-8-10-16-26(24)27/h7-10,13-16,21-22,27-28H,6,11-12,17-20H2,1-5H3/t22-,28-/m0/s1. The van der Waals surface area contributed by atoms with Crippen molar-refractivity contribution in [1.82, 2.24) is 14.7 Å². The summed E-state index contributed by atoms with van der Waals surface area (Å²) in [5.41, 5.74) is 4.62. The summed E-state index contributed by atoms with van der Waals surface area (Å²) in [6.45, 7) is 7.48. The molecule has 0 bridgehead atoms. The maximum atomic E-state index is 13.6. The van der Waals surface area contributed by atoms with Gasteiger partial charge in [0.1, 0.15) is 18.7 Å². The van der Waals surface area contributed by atoms with Gasteiger partial charge in [0.15, 0.2) is 0 Å². The third-order valence-corrected chi connectivity index (χ3v) is 8.02. The second-order valence-electron chi connectivity index (χ2n) is 11.1. The topological polar surface area (TPSA) is 70.2 Å². The highest BCUT2D eigenvalue weighted by molar-refractivity contribution is 5.91. The van der Waals surface area contributed by atoms with E-state index in [9.17, 15) is 14.4 Å². The van der Waals surface area contributed by atoms with Gasteiger partial charge in [-0.3, -0.25) is 14.5 Å². The lowest BCUT2D eigenvalue weighted by Gasteiger charge is -2.36. The SMILES string of the molecule is CC(C)C[C@@H](C(=O)N(C)[C@@H](C)C(=O)N1CCCCC1)N(C)C(=O)OCC1c2ccccc2-c2ccccc21. The smallest absolute Gasteiger partial charge is 0.410 e. The number of hydrogen-bond donors (Lipinski definition) is 0. The van der Waals surface area contributed by atoms with Crippen LogP contribution in [0.25, 0.3) is 11.1 Å². The van der Waals surface area contributed by atoms with Crippen LogP contribution in [0.1, 0.15) is 63.5 Å². The van der Waals surface area contributed by atoms with Gasteiger partial charge in [-0.05, 0) is 60.8 Å². The minimum atomic E-state index is -0.716. The summed E-state index contributed by atoms with van der Waals surface area (Å²) < 4.78 is 5.84. The van der Waals surface area contributed by atoms with E-state index in [2.05, 4.69) is 24.3 Å². The first kappa shape index (κ1) is 27.7. The highest BCUT2D eigenvalue weighted by atomic mass is 16.6. The van der Waals surface area contributed by atoms with Gasteiger partial charge in [-0.15, -0.1) is 0 Å². The van der Waals surface area contributed by atoms with Crippen molar-refractivity contribution in [2.24, 2.45) is 5.92 Å². The Morgan fingerprint density at radius 1 is 0.868 bits per heavy atom. The molecule has 1 aliphatic carbocycles. The third-order valence-electron chi connectivity index (χ3n) is 8.02. The monoisotopic (exact) mass is 519 g/mol. The number of likely N-dealkylation sites (N-methyl/N-ethyl adjacent to an activating group) is 2. The van der Waals surface area contributed by atoms with E-state index in [4.69, 9.17) is 4.74 Å². The number of likely N-dealkylation sites (tertiary alicyclic amines) is 1. The number of ether oxygens (including phenoxy) is 1. The molecule has 2 aliphatic rings. The minimum Gasteiger partial charge on any atom is -0.448 e. The van der Waals surface area contributed by atoms with Crippen LogP contribution in [0.15, 0.2) is 48.5 Å². The molecule has 0 radical (unpaired) electrons. The molecule has 2 aromatic carbocycles. The van der Waals surface area contributed by atoms with E-state index in [1.165, 1.54) is 20.9 Å². The number of piperidine rings is 1. The Bertz CT molecular complexity index is 1110. The van der Waals surface area contributed by atoms with Crippen molar-refractivity contribution in [3.05, 3.63) is 59.7 Å². The number of fused-ring (bicyclic) bond motifs is 3. The van der Waals surface area contributed by atoms with Crippen molar-refractivity contribution < 1.29 is 19.1 Å². The maximum absolute atomic E-state index is 13.6. The summed E-state index contributed by atoms with van der Waals surface area (Å²) in [5, 5.41) is 0. The predicted molar refractivity (Wildman–Crippen MR) is 149 cm³/mol. The van der Waals surface area contributed by atoms with E-state index >= 15 is 0 Å². The van der Waals surface area contributed by atoms with E-state index in [0.29, 0.717) is 6.42 Å². The van der Waals surface area contributed by atoms with Gasteiger partial charge in [0.25, 0.3) is 0 Å². The van der Waals surface area contributed by atoms with Crippen molar-refractivity contribution in [2.45, 2.75) is 64.5 Å². The zero-order valence-corrected chi connectivity index (χ0v) is 23.4. The molecule has 0 spiro atoms. The fourth-order valence-corrected chi connectivity index (χ4v) is 5.66. The molecule has 7 heteroatoms. The average molecular weight is 520 g/mol. The van der Waals surface area contributed by atoms with Gasteiger partial charge < -0.3 is 14.5 Å². The van der Waals surface area contributed by atoms with E-state index in [-0.39, 0.29) is 30.3 Å². The minimum absolute atomic E-state index is 0.0346. The molecule has 4 rings (SSSR count). The molecule has 38 heavy (non-hydrogen) atoms. The Kier molecular flexibility index (Phi) is 8.75. The summed E-state index contributed by atoms with van der Waals surface area (Å²) in [4.78, 5) is 44.8. The molecule has 3 amide bonds. The molecular weight excluding hydrogens is 478 g/mol. The number of amides is 3. The molecule has 0 aromatic heterocycles. The van der Waals surface area contributed by atoms with Crippen LogP contribution in [0.2, 0.25) is 0 Å².